The summed E-state index contributed by atoms with van der Waals surface area (Å²) in [6.07, 6.45) is 16.6. The van der Waals surface area contributed by atoms with Crippen LogP contribution in [0, 0.1) is 5.92 Å². The van der Waals surface area contributed by atoms with Gasteiger partial charge in [-0.1, -0.05) is 43.2 Å². The lowest BCUT2D eigenvalue weighted by atomic mass is 9.88. The standard InChI is InChI=1S/C46H56N6O6/c53-41(17-11-34-8-6-23-47-31-34)48-24-2-1-7-33-19-28-51(29-20-33)45(56)37-14-12-35(13-15-37)36-21-26-50(27-22-36)25-3-4-30-58-40-10-5-9-38-32-52(46(57)43(38)40)39-16-18-42(54)49-44(39)55/h5-6,8-15,17,23,31,33,36,39H,1-4,7,16,18-22,24-30,32H2,(H,48,53)(H,49,54,55)/b17-11+. The number of rotatable bonds is 16. The molecule has 0 aliphatic carbocycles. The second-order valence-corrected chi connectivity index (χ2v) is 16.1. The third-order valence-electron chi connectivity index (χ3n) is 12.2. The van der Waals surface area contributed by atoms with E-state index >= 15 is 0 Å². The van der Waals surface area contributed by atoms with Crippen LogP contribution in [-0.2, 0) is 20.9 Å². The van der Waals surface area contributed by atoms with Gasteiger partial charge >= 0.3 is 0 Å². The number of fused-ring (bicyclic) bond motifs is 1. The third-order valence-corrected chi connectivity index (χ3v) is 12.2. The van der Waals surface area contributed by atoms with Gasteiger partial charge in [0, 0.05) is 56.6 Å². The van der Waals surface area contributed by atoms with Crippen LogP contribution in [0.5, 0.6) is 5.75 Å². The summed E-state index contributed by atoms with van der Waals surface area (Å²) < 4.78 is 6.11. The van der Waals surface area contributed by atoms with Crippen LogP contribution in [0.1, 0.15) is 114 Å². The van der Waals surface area contributed by atoms with Crippen molar-refractivity contribution in [2.75, 3.05) is 45.9 Å². The number of piperidine rings is 3. The first-order valence-corrected chi connectivity index (χ1v) is 21.2. The zero-order valence-corrected chi connectivity index (χ0v) is 33.4. The van der Waals surface area contributed by atoms with E-state index in [9.17, 15) is 24.0 Å². The number of amides is 5. The van der Waals surface area contributed by atoms with Crippen LogP contribution in [0.4, 0.5) is 0 Å². The SMILES string of the molecule is O=C(/C=C/c1cccnc1)NCCCCC1CCN(C(=O)c2ccc(C3CCN(CCCCOc4cccc5c4C(=O)N(C4CCC(=O)NC4=O)C5)CC3)cc2)CC1. The minimum Gasteiger partial charge on any atom is -0.493 e. The molecule has 4 aliphatic heterocycles. The van der Waals surface area contributed by atoms with E-state index in [0.717, 1.165) is 107 Å². The van der Waals surface area contributed by atoms with Crippen molar-refractivity contribution < 1.29 is 28.7 Å². The van der Waals surface area contributed by atoms with Crippen LogP contribution in [0.15, 0.2) is 73.1 Å². The molecule has 2 aromatic carbocycles. The predicted molar refractivity (Wildman–Crippen MR) is 221 cm³/mol. The lowest BCUT2D eigenvalue weighted by molar-refractivity contribution is -0.137. The molecule has 1 unspecified atom stereocenters. The number of aromatic nitrogens is 1. The zero-order chi connectivity index (χ0) is 40.3. The number of nitrogens with zero attached hydrogens (tertiary/aromatic N) is 4. The molecular formula is C46H56N6O6. The van der Waals surface area contributed by atoms with Crippen molar-refractivity contribution in [2.45, 2.75) is 89.1 Å². The summed E-state index contributed by atoms with van der Waals surface area (Å²) in [5.41, 5.74) is 4.36. The fourth-order valence-corrected chi connectivity index (χ4v) is 8.79. The van der Waals surface area contributed by atoms with Crippen LogP contribution in [0.3, 0.4) is 0 Å². The second kappa shape index (κ2) is 19.9. The van der Waals surface area contributed by atoms with E-state index in [2.05, 4.69) is 32.7 Å². The number of ether oxygens (including phenoxy) is 1. The van der Waals surface area contributed by atoms with E-state index in [1.165, 1.54) is 5.56 Å². The monoisotopic (exact) mass is 788 g/mol. The average molecular weight is 789 g/mol. The number of pyridine rings is 1. The molecule has 0 radical (unpaired) electrons. The molecule has 4 aliphatic rings. The van der Waals surface area contributed by atoms with Crippen LogP contribution in [0.25, 0.3) is 6.08 Å². The normalized spacial score (nSPS) is 19.4. The van der Waals surface area contributed by atoms with Gasteiger partial charge < -0.3 is 24.8 Å². The molecule has 5 amide bonds. The maximum absolute atomic E-state index is 13.3. The number of imide groups is 1. The summed E-state index contributed by atoms with van der Waals surface area (Å²) in [5, 5.41) is 5.32. The summed E-state index contributed by atoms with van der Waals surface area (Å²) in [6.45, 7) is 6.19. The number of likely N-dealkylation sites (tertiary alicyclic amines) is 2. The van der Waals surface area contributed by atoms with Crippen molar-refractivity contribution >= 4 is 35.6 Å². The van der Waals surface area contributed by atoms with E-state index in [1.54, 1.807) is 29.4 Å². The second-order valence-electron chi connectivity index (χ2n) is 16.1. The van der Waals surface area contributed by atoms with Crippen molar-refractivity contribution in [3.8, 4) is 5.75 Å². The van der Waals surface area contributed by atoms with Gasteiger partial charge in [0.1, 0.15) is 11.8 Å². The van der Waals surface area contributed by atoms with Gasteiger partial charge in [-0.15, -0.1) is 0 Å². The van der Waals surface area contributed by atoms with E-state index in [4.69, 9.17) is 4.74 Å². The highest BCUT2D eigenvalue weighted by Gasteiger charge is 2.40. The van der Waals surface area contributed by atoms with Crippen molar-refractivity contribution in [1.82, 2.24) is 30.3 Å². The summed E-state index contributed by atoms with van der Waals surface area (Å²) in [7, 11) is 0. The van der Waals surface area contributed by atoms with Crippen LogP contribution >= 0.6 is 0 Å². The Labute approximate surface area is 341 Å². The highest BCUT2D eigenvalue weighted by atomic mass is 16.5. The van der Waals surface area contributed by atoms with Crippen LogP contribution in [0.2, 0.25) is 0 Å². The maximum atomic E-state index is 13.3. The number of hydrogen-bond acceptors (Lipinski definition) is 8. The van der Waals surface area contributed by atoms with E-state index in [-0.39, 0.29) is 30.0 Å². The molecule has 0 bridgehead atoms. The fraction of sp³-hybridized carbons (Fsp3) is 0.478. The first-order chi connectivity index (χ1) is 28.3. The molecule has 306 valence electrons. The Bertz CT molecular complexity index is 1940. The van der Waals surface area contributed by atoms with Crippen LogP contribution < -0.4 is 15.4 Å². The Hall–Kier alpha value is -5.36. The highest BCUT2D eigenvalue weighted by molar-refractivity contribution is 6.06. The van der Waals surface area contributed by atoms with E-state index in [0.29, 0.717) is 49.3 Å². The number of carbonyl (C=O) groups is 5. The van der Waals surface area contributed by atoms with Crippen LogP contribution in [-0.4, -0.2) is 101 Å². The fourth-order valence-electron chi connectivity index (χ4n) is 8.79. The van der Waals surface area contributed by atoms with Gasteiger partial charge in [-0.25, -0.2) is 0 Å². The molecule has 1 atom stereocenters. The van der Waals surface area contributed by atoms with Gasteiger partial charge in [0.2, 0.25) is 17.7 Å². The lowest BCUT2D eigenvalue weighted by Gasteiger charge is -2.33. The average Bonchev–Trinajstić information content (AvgIpc) is 3.59. The molecule has 12 heteroatoms. The molecule has 7 rings (SSSR count). The molecule has 58 heavy (non-hydrogen) atoms. The number of benzene rings is 2. The third kappa shape index (κ3) is 10.6. The number of unbranched alkanes of at least 4 members (excludes halogenated alkanes) is 2. The topological polar surface area (TPSA) is 141 Å². The van der Waals surface area contributed by atoms with E-state index < -0.39 is 11.9 Å². The molecule has 5 heterocycles. The minimum absolute atomic E-state index is 0.0846. The predicted octanol–water partition coefficient (Wildman–Crippen LogP) is 5.73. The van der Waals surface area contributed by atoms with Crippen molar-refractivity contribution in [1.29, 1.82) is 0 Å². The summed E-state index contributed by atoms with van der Waals surface area (Å²) in [5.74, 6) is 0.802. The minimum atomic E-state index is -0.637. The first-order valence-electron chi connectivity index (χ1n) is 21.2. The lowest BCUT2D eigenvalue weighted by Crippen LogP contribution is -2.52. The molecule has 3 aromatic rings. The largest absolute Gasteiger partial charge is 0.493 e. The molecule has 3 saturated heterocycles. The summed E-state index contributed by atoms with van der Waals surface area (Å²) in [4.78, 5) is 72.9. The quantitative estimate of drug-likeness (QED) is 0.107. The van der Waals surface area contributed by atoms with Gasteiger partial charge in [0.15, 0.2) is 0 Å². The Morgan fingerprint density at radius 2 is 1.69 bits per heavy atom. The van der Waals surface area contributed by atoms with Gasteiger partial charge in [0.25, 0.3) is 11.8 Å². The van der Waals surface area contributed by atoms with E-state index in [1.807, 2.05) is 47.4 Å². The molecule has 2 N–H and O–H groups in total. The zero-order valence-electron chi connectivity index (χ0n) is 33.4. The first kappa shape index (κ1) is 40.8. The van der Waals surface area contributed by atoms with Crippen molar-refractivity contribution in [3.05, 3.63) is 101 Å². The van der Waals surface area contributed by atoms with Crippen molar-refractivity contribution in [2.24, 2.45) is 5.92 Å². The number of hydrogen-bond donors (Lipinski definition) is 2. The van der Waals surface area contributed by atoms with Gasteiger partial charge in [0.05, 0.1) is 12.2 Å². The molecule has 12 nitrogen and oxygen atoms in total. The van der Waals surface area contributed by atoms with Gasteiger partial charge in [-0.2, -0.15) is 0 Å². The molecule has 0 saturated carbocycles. The molecule has 1 aromatic heterocycles. The number of carbonyl (C=O) groups excluding carboxylic acids is 5. The molecular weight excluding hydrogens is 733 g/mol. The summed E-state index contributed by atoms with van der Waals surface area (Å²) >= 11 is 0. The smallest absolute Gasteiger partial charge is 0.258 e. The Morgan fingerprint density at radius 3 is 2.45 bits per heavy atom. The highest BCUT2D eigenvalue weighted by Crippen LogP contribution is 2.34. The van der Waals surface area contributed by atoms with Crippen molar-refractivity contribution in [3.63, 3.8) is 0 Å². The molecule has 0 spiro atoms. The Kier molecular flexibility index (Phi) is 14.0. The number of nitrogens with one attached hydrogen (secondary N) is 2. The van der Waals surface area contributed by atoms with Gasteiger partial charge in [-0.05, 0) is 130 Å². The Morgan fingerprint density at radius 1 is 0.879 bits per heavy atom. The maximum Gasteiger partial charge on any atom is 0.258 e. The van der Waals surface area contributed by atoms with Gasteiger partial charge in [-0.3, -0.25) is 34.3 Å². The summed E-state index contributed by atoms with van der Waals surface area (Å²) in [6, 6.07) is 17.1. The Balaban J connectivity index is 0.750. The molecule has 3 fully saturated rings.